The lowest BCUT2D eigenvalue weighted by atomic mass is 9.95. The quantitative estimate of drug-likeness (QED) is 0.222. The zero-order chi connectivity index (χ0) is 25.7. The summed E-state index contributed by atoms with van der Waals surface area (Å²) in [6.07, 6.45) is 3.97. The normalized spacial score (nSPS) is 16.8. The first-order valence-electron chi connectivity index (χ1n) is 11.8. The average molecular weight is 489 g/mol. The van der Waals surface area contributed by atoms with E-state index in [-0.39, 0.29) is 17.8 Å². The van der Waals surface area contributed by atoms with E-state index in [1.165, 1.54) is 0 Å². The van der Waals surface area contributed by atoms with Gasteiger partial charge in [-0.25, -0.2) is 4.79 Å². The molecule has 0 aromatic carbocycles. The lowest BCUT2D eigenvalue weighted by Crippen LogP contribution is -2.59. The molecule has 0 saturated heterocycles. The van der Waals surface area contributed by atoms with Gasteiger partial charge in [0.25, 0.3) is 0 Å². The molecule has 0 aliphatic heterocycles. The van der Waals surface area contributed by atoms with Crippen molar-refractivity contribution in [1.29, 1.82) is 0 Å². The van der Waals surface area contributed by atoms with Crippen LogP contribution in [0.1, 0.15) is 67.2 Å². The summed E-state index contributed by atoms with van der Waals surface area (Å²) < 4.78 is 0. The van der Waals surface area contributed by atoms with Crippen molar-refractivity contribution in [3.05, 3.63) is 0 Å². The van der Waals surface area contributed by atoms with Crippen molar-refractivity contribution in [3.8, 4) is 0 Å². The van der Waals surface area contributed by atoms with Gasteiger partial charge in [-0.3, -0.25) is 14.4 Å². The van der Waals surface area contributed by atoms with Crippen molar-refractivity contribution in [2.24, 2.45) is 23.5 Å². The van der Waals surface area contributed by atoms with Gasteiger partial charge in [-0.1, -0.05) is 54.4 Å². The second-order valence-corrected chi connectivity index (χ2v) is 10.1. The molecule has 192 valence electrons. The first kappa shape index (κ1) is 31.2. The number of thioether (sulfide) groups is 1. The maximum absolute atomic E-state index is 13.2. The van der Waals surface area contributed by atoms with Gasteiger partial charge in [0.05, 0.1) is 6.04 Å². The molecule has 3 amide bonds. The molecule has 9 nitrogen and oxygen atoms in total. The maximum Gasteiger partial charge on any atom is 0.326 e. The predicted octanol–water partition coefficient (Wildman–Crippen LogP) is 1.74. The Hall–Kier alpha value is -1.81. The van der Waals surface area contributed by atoms with Crippen molar-refractivity contribution >= 4 is 35.5 Å². The number of nitrogens with one attached hydrogen (secondary N) is 3. The number of rotatable bonds is 16. The lowest BCUT2D eigenvalue weighted by Gasteiger charge is -2.29. The van der Waals surface area contributed by atoms with Crippen molar-refractivity contribution < 1.29 is 24.3 Å². The van der Waals surface area contributed by atoms with Crippen LogP contribution in [0, 0.1) is 17.8 Å². The third kappa shape index (κ3) is 11.2. The van der Waals surface area contributed by atoms with Crippen LogP contribution < -0.4 is 21.7 Å². The van der Waals surface area contributed by atoms with Gasteiger partial charge in [-0.15, -0.1) is 0 Å². The molecule has 10 heteroatoms. The topological polar surface area (TPSA) is 151 Å². The Balaban J connectivity index is 5.55. The van der Waals surface area contributed by atoms with Gasteiger partial charge in [0.15, 0.2) is 0 Å². The van der Waals surface area contributed by atoms with Crippen molar-refractivity contribution in [2.45, 2.75) is 91.4 Å². The molecule has 0 rings (SSSR count). The highest BCUT2D eigenvalue weighted by molar-refractivity contribution is 7.98. The summed E-state index contributed by atoms with van der Waals surface area (Å²) in [6.45, 7) is 11.2. The zero-order valence-electron chi connectivity index (χ0n) is 21.1. The molecular formula is C23H44N4O5S. The highest BCUT2D eigenvalue weighted by atomic mass is 32.2. The summed E-state index contributed by atoms with van der Waals surface area (Å²) >= 11 is 1.59. The SMILES string of the molecule is CC[C@H](C)[C@H](NC(=O)[C@H](CC(C)C)NC(=O)[C@@H](NC(=O)[C@@H](N)CCSC)[C@@H](C)CC)C(=O)O. The van der Waals surface area contributed by atoms with E-state index in [0.29, 0.717) is 25.7 Å². The number of carboxylic acids is 1. The third-order valence-electron chi connectivity index (χ3n) is 5.88. The molecular weight excluding hydrogens is 444 g/mol. The van der Waals surface area contributed by atoms with E-state index >= 15 is 0 Å². The Morgan fingerprint density at radius 1 is 0.848 bits per heavy atom. The summed E-state index contributed by atoms with van der Waals surface area (Å²) in [5.74, 6) is -2.19. The number of hydrogen-bond acceptors (Lipinski definition) is 6. The number of carboxylic acid groups (broad SMARTS) is 1. The second-order valence-electron chi connectivity index (χ2n) is 9.16. The molecule has 0 aliphatic rings. The van der Waals surface area contributed by atoms with E-state index in [9.17, 15) is 24.3 Å². The third-order valence-corrected chi connectivity index (χ3v) is 6.52. The smallest absolute Gasteiger partial charge is 0.326 e. The average Bonchev–Trinajstić information content (AvgIpc) is 2.76. The van der Waals surface area contributed by atoms with Gasteiger partial charge >= 0.3 is 5.97 Å². The summed E-state index contributed by atoms with van der Waals surface area (Å²) in [5.41, 5.74) is 5.96. The molecule has 0 aromatic rings. The molecule has 6 N–H and O–H groups in total. The van der Waals surface area contributed by atoms with Gasteiger partial charge in [0, 0.05) is 0 Å². The highest BCUT2D eigenvalue weighted by Gasteiger charge is 2.33. The van der Waals surface area contributed by atoms with Gasteiger partial charge < -0.3 is 26.8 Å². The van der Waals surface area contributed by atoms with E-state index in [1.807, 2.05) is 40.9 Å². The fourth-order valence-corrected chi connectivity index (χ4v) is 3.73. The lowest BCUT2D eigenvalue weighted by molar-refractivity contribution is -0.144. The van der Waals surface area contributed by atoms with Crippen LogP contribution in [0.25, 0.3) is 0 Å². The minimum absolute atomic E-state index is 0.0736. The first-order valence-corrected chi connectivity index (χ1v) is 13.2. The van der Waals surface area contributed by atoms with Gasteiger partial charge in [-0.05, 0) is 42.6 Å². The molecule has 0 fully saturated rings. The number of aliphatic carboxylic acids is 1. The molecule has 0 aliphatic carbocycles. The summed E-state index contributed by atoms with van der Waals surface area (Å²) in [6, 6.07) is -3.54. The van der Waals surface area contributed by atoms with Crippen molar-refractivity contribution in [1.82, 2.24) is 16.0 Å². The van der Waals surface area contributed by atoms with E-state index in [1.54, 1.807) is 18.7 Å². The standard InChI is InChI=1S/C23H44N4O5S/c1-8-14(5)18(26-20(28)16(24)10-11-33-7)22(30)25-17(12-13(3)4)21(29)27-19(23(31)32)15(6)9-2/h13-19H,8-12,24H2,1-7H3,(H,25,30)(H,26,28)(H,27,29)(H,31,32)/t14-,15-,16-,17-,18-,19-/m0/s1. The zero-order valence-corrected chi connectivity index (χ0v) is 22.0. The van der Waals surface area contributed by atoms with Crippen LogP contribution >= 0.6 is 11.8 Å². The molecule has 0 bridgehead atoms. The number of carbonyl (C=O) groups is 4. The van der Waals surface area contributed by atoms with Crippen LogP contribution in [0.2, 0.25) is 0 Å². The van der Waals surface area contributed by atoms with Crippen LogP contribution in [0.5, 0.6) is 0 Å². The molecule has 0 spiro atoms. The van der Waals surface area contributed by atoms with E-state index < -0.39 is 47.9 Å². The van der Waals surface area contributed by atoms with Crippen LogP contribution in [-0.2, 0) is 19.2 Å². The van der Waals surface area contributed by atoms with E-state index in [2.05, 4.69) is 16.0 Å². The minimum atomic E-state index is -1.11. The molecule has 33 heavy (non-hydrogen) atoms. The first-order chi connectivity index (χ1) is 15.4. The molecule has 0 saturated carbocycles. The Morgan fingerprint density at radius 2 is 1.36 bits per heavy atom. The van der Waals surface area contributed by atoms with Gasteiger partial charge in [-0.2, -0.15) is 11.8 Å². The monoisotopic (exact) mass is 488 g/mol. The summed E-state index contributed by atoms with van der Waals surface area (Å²) in [7, 11) is 0. The Morgan fingerprint density at radius 3 is 1.82 bits per heavy atom. The predicted molar refractivity (Wildman–Crippen MR) is 133 cm³/mol. The maximum atomic E-state index is 13.2. The van der Waals surface area contributed by atoms with Gasteiger partial charge in [0.1, 0.15) is 18.1 Å². The molecule has 6 atom stereocenters. The Labute approximate surface area is 202 Å². The number of amides is 3. The van der Waals surface area contributed by atoms with Crippen LogP contribution in [0.3, 0.4) is 0 Å². The molecule has 0 unspecified atom stereocenters. The fourth-order valence-electron chi connectivity index (χ4n) is 3.24. The second kappa shape index (κ2) is 15.9. The molecule has 0 aromatic heterocycles. The highest BCUT2D eigenvalue weighted by Crippen LogP contribution is 2.13. The Kier molecular flexibility index (Phi) is 15.1. The molecule has 0 heterocycles. The number of carbonyl (C=O) groups excluding carboxylic acids is 3. The van der Waals surface area contributed by atoms with Crippen molar-refractivity contribution in [3.63, 3.8) is 0 Å². The number of nitrogens with two attached hydrogens (primary N) is 1. The summed E-state index contributed by atoms with van der Waals surface area (Å²) in [5, 5.41) is 17.6. The number of hydrogen-bond donors (Lipinski definition) is 5. The van der Waals surface area contributed by atoms with E-state index in [4.69, 9.17) is 5.73 Å². The van der Waals surface area contributed by atoms with Crippen LogP contribution in [0.4, 0.5) is 0 Å². The van der Waals surface area contributed by atoms with Crippen molar-refractivity contribution in [2.75, 3.05) is 12.0 Å². The van der Waals surface area contributed by atoms with Crippen LogP contribution in [0.15, 0.2) is 0 Å². The summed E-state index contributed by atoms with van der Waals surface area (Å²) in [4.78, 5) is 50.3. The largest absolute Gasteiger partial charge is 0.480 e. The van der Waals surface area contributed by atoms with Gasteiger partial charge in [0.2, 0.25) is 17.7 Å². The fraction of sp³-hybridized carbons (Fsp3) is 0.826. The molecule has 0 radical (unpaired) electrons. The Bertz CT molecular complexity index is 646. The van der Waals surface area contributed by atoms with Crippen LogP contribution in [-0.4, -0.2) is 65.0 Å². The minimum Gasteiger partial charge on any atom is -0.480 e. The van der Waals surface area contributed by atoms with E-state index in [0.717, 1.165) is 5.75 Å².